The van der Waals surface area contributed by atoms with Crippen molar-refractivity contribution in [2.45, 2.75) is 23.1 Å². The number of hydrogen-bond donors (Lipinski definition) is 1. The minimum atomic E-state index is -0.668. The van der Waals surface area contributed by atoms with Gasteiger partial charge in [0, 0.05) is 7.05 Å². The van der Waals surface area contributed by atoms with Gasteiger partial charge >= 0.3 is 0 Å². The van der Waals surface area contributed by atoms with E-state index in [1.54, 1.807) is 30.8 Å². The molecule has 17 heavy (non-hydrogen) atoms. The molecular formula is C11H12FN3OS. The summed E-state index contributed by atoms with van der Waals surface area (Å²) in [6, 6.07) is 4.67. The first kappa shape index (κ1) is 12.1. The van der Waals surface area contributed by atoms with E-state index in [2.05, 4.69) is 10.1 Å². The van der Waals surface area contributed by atoms with Gasteiger partial charge in [-0.15, -0.1) is 0 Å². The van der Waals surface area contributed by atoms with E-state index in [1.165, 1.54) is 24.2 Å². The van der Waals surface area contributed by atoms with Crippen LogP contribution in [0.3, 0.4) is 0 Å². The Bertz CT molecular complexity index is 527. The van der Waals surface area contributed by atoms with Gasteiger partial charge in [-0.1, -0.05) is 6.07 Å². The number of aryl methyl sites for hydroxylation is 1. The highest BCUT2D eigenvalue weighted by Crippen LogP contribution is 2.29. The van der Waals surface area contributed by atoms with Crippen LogP contribution in [0.2, 0.25) is 0 Å². The Labute approximate surface area is 102 Å². The van der Waals surface area contributed by atoms with Crippen molar-refractivity contribution in [3.63, 3.8) is 0 Å². The van der Waals surface area contributed by atoms with Gasteiger partial charge in [-0.3, -0.25) is 0 Å². The summed E-state index contributed by atoms with van der Waals surface area (Å²) in [7, 11) is 1.75. The summed E-state index contributed by atoms with van der Waals surface area (Å²) in [6.45, 7) is 1.60. The number of nitrogens with zero attached hydrogens (tertiary/aromatic N) is 3. The van der Waals surface area contributed by atoms with Crippen LogP contribution in [0.5, 0.6) is 0 Å². The van der Waals surface area contributed by atoms with E-state index >= 15 is 0 Å². The van der Waals surface area contributed by atoms with E-state index in [4.69, 9.17) is 0 Å². The predicted octanol–water partition coefficient (Wildman–Crippen LogP) is 2.16. The van der Waals surface area contributed by atoms with Crippen LogP contribution in [0.1, 0.15) is 18.6 Å². The highest BCUT2D eigenvalue weighted by molar-refractivity contribution is 7.99. The maximum absolute atomic E-state index is 13.7. The fourth-order valence-electron chi connectivity index (χ4n) is 1.34. The molecule has 1 N–H and O–H groups in total. The second-order valence-corrected chi connectivity index (χ2v) is 4.64. The van der Waals surface area contributed by atoms with Crippen molar-refractivity contribution in [2.24, 2.45) is 7.05 Å². The molecule has 0 saturated heterocycles. The fourth-order valence-corrected chi connectivity index (χ4v) is 2.10. The normalized spacial score (nSPS) is 12.7. The molecule has 0 amide bonds. The van der Waals surface area contributed by atoms with Crippen molar-refractivity contribution in [1.29, 1.82) is 0 Å². The third kappa shape index (κ3) is 2.65. The molecule has 0 radical (unpaired) electrons. The topological polar surface area (TPSA) is 50.9 Å². The zero-order valence-electron chi connectivity index (χ0n) is 9.46. The average Bonchev–Trinajstić information content (AvgIpc) is 2.67. The van der Waals surface area contributed by atoms with Crippen LogP contribution in [-0.2, 0) is 7.05 Å². The summed E-state index contributed by atoms with van der Waals surface area (Å²) in [5.74, 6) is -0.364. The molecule has 0 aliphatic heterocycles. The quantitative estimate of drug-likeness (QED) is 0.910. The van der Waals surface area contributed by atoms with Crippen LogP contribution in [0.4, 0.5) is 4.39 Å². The second-order valence-electron chi connectivity index (χ2n) is 3.63. The van der Waals surface area contributed by atoms with Crippen LogP contribution in [0.15, 0.2) is 34.6 Å². The number of aliphatic hydroxyl groups excluding tert-OH is 1. The molecule has 1 aromatic carbocycles. The number of hydrogen-bond acceptors (Lipinski definition) is 4. The van der Waals surface area contributed by atoms with Crippen molar-refractivity contribution in [3.8, 4) is 0 Å². The Morgan fingerprint density at radius 2 is 2.24 bits per heavy atom. The van der Waals surface area contributed by atoms with Crippen LogP contribution in [-0.4, -0.2) is 19.9 Å². The van der Waals surface area contributed by atoms with Gasteiger partial charge in [0.15, 0.2) is 5.16 Å². The Hall–Kier alpha value is -1.40. The van der Waals surface area contributed by atoms with Gasteiger partial charge in [0.25, 0.3) is 0 Å². The molecule has 2 rings (SSSR count). The molecule has 4 nitrogen and oxygen atoms in total. The summed E-state index contributed by atoms with van der Waals surface area (Å²) in [5, 5.41) is 13.9. The number of aromatic nitrogens is 3. The molecule has 6 heteroatoms. The largest absolute Gasteiger partial charge is 0.389 e. The van der Waals surface area contributed by atoms with E-state index in [-0.39, 0.29) is 5.82 Å². The SMILES string of the molecule is C[C@H](O)c1ccc(Sc2ncnn2C)c(F)c1. The standard InChI is InChI=1S/C11H12FN3OS/c1-7(16)8-3-4-10(9(12)5-8)17-11-13-6-14-15(11)2/h3-7,16H,1-2H3/t7-/m0/s1. The van der Waals surface area contributed by atoms with E-state index in [0.29, 0.717) is 15.6 Å². The first-order valence-electron chi connectivity index (χ1n) is 5.07. The number of aliphatic hydroxyl groups is 1. The molecule has 0 aliphatic carbocycles. The summed E-state index contributed by atoms with van der Waals surface area (Å²) < 4.78 is 15.3. The molecule has 0 fully saturated rings. The van der Waals surface area contributed by atoms with Gasteiger partial charge in [-0.05, 0) is 36.4 Å². The van der Waals surface area contributed by atoms with Crippen molar-refractivity contribution < 1.29 is 9.50 Å². The lowest BCUT2D eigenvalue weighted by molar-refractivity contribution is 0.198. The lowest BCUT2D eigenvalue weighted by Crippen LogP contribution is -1.95. The molecule has 0 spiro atoms. The van der Waals surface area contributed by atoms with E-state index in [1.807, 2.05) is 0 Å². The fraction of sp³-hybridized carbons (Fsp3) is 0.273. The van der Waals surface area contributed by atoms with E-state index < -0.39 is 6.10 Å². The van der Waals surface area contributed by atoms with Crippen molar-refractivity contribution in [2.75, 3.05) is 0 Å². The Kier molecular flexibility index (Phi) is 3.44. The first-order valence-corrected chi connectivity index (χ1v) is 5.89. The number of halogens is 1. The molecule has 1 atom stereocenters. The highest BCUT2D eigenvalue weighted by atomic mass is 32.2. The predicted molar refractivity (Wildman–Crippen MR) is 62.2 cm³/mol. The first-order chi connectivity index (χ1) is 8.08. The van der Waals surface area contributed by atoms with Crippen molar-refractivity contribution >= 4 is 11.8 Å². The summed E-state index contributed by atoms with van der Waals surface area (Å²) in [6.07, 6.45) is 0.753. The van der Waals surface area contributed by atoms with Crippen LogP contribution in [0, 0.1) is 5.82 Å². The number of benzene rings is 1. The van der Waals surface area contributed by atoms with Gasteiger partial charge in [0.05, 0.1) is 11.0 Å². The molecule has 0 bridgehead atoms. The van der Waals surface area contributed by atoms with Gasteiger partial charge in [0.1, 0.15) is 12.1 Å². The molecular weight excluding hydrogens is 241 g/mol. The molecule has 1 aromatic heterocycles. The van der Waals surface area contributed by atoms with Crippen LogP contribution < -0.4 is 0 Å². The summed E-state index contributed by atoms with van der Waals surface area (Å²) in [5.41, 5.74) is 0.560. The third-order valence-electron chi connectivity index (χ3n) is 2.31. The highest BCUT2D eigenvalue weighted by Gasteiger charge is 2.10. The van der Waals surface area contributed by atoms with Gasteiger partial charge in [-0.25, -0.2) is 14.1 Å². The zero-order valence-corrected chi connectivity index (χ0v) is 10.3. The lowest BCUT2D eigenvalue weighted by atomic mass is 10.1. The van der Waals surface area contributed by atoms with Gasteiger partial charge in [-0.2, -0.15) is 5.10 Å². The monoisotopic (exact) mass is 253 g/mol. The maximum atomic E-state index is 13.7. The molecule has 0 unspecified atom stereocenters. The zero-order chi connectivity index (χ0) is 12.4. The average molecular weight is 253 g/mol. The molecule has 0 aliphatic rings. The second kappa shape index (κ2) is 4.85. The van der Waals surface area contributed by atoms with Gasteiger partial charge < -0.3 is 5.11 Å². The molecule has 1 heterocycles. The Morgan fingerprint density at radius 1 is 1.47 bits per heavy atom. The van der Waals surface area contributed by atoms with Gasteiger partial charge in [0.2, 0.25) is 0 Å². The summed E-state index contributed by atoms with van der Waals surface area (Å²) in [4.78, 5) is 4.47. The van der Waals surface area contributed by atoms with Crippen LogP contribution in [0.25, 0.3) is 0 Å². The molecule has 2 aromatic rings. The Balaban J connectivity index is 2.26. The maximum Gasteiger partial charge on any atom is 0.190 e. The smallest absolute Gasteiger partial charge is 0.190 e. The van der Waals surface area contributed by atoms with E-state index in [9.17, 15) is 9.50 Å². The minimum Gasteiger partial charge on any atom is -0.389 e. The molecule has 90 valence electrons. The minimum absolute atomic E-state index is 0.364. The number of rotatable bonds is 3. The molecule has 0 saturated carbocycles. The van der Waals surface area contributed by atoms with Crippen LogP contribution >= 0.6 is 11.8 Å². The third-order valence-corrected chi connectivity index (χ3v) is 3.41. The van der Waals surface area contributed by atoms with Crippen molar-refractivity contribution in [3.05, 3.63) is 35.9 Å². The van der Waals surface area contributed by atoms with Crippen molar-refractivity contribution in [1.82, 2.24) is 14.8 Å². The lowest BCUT2D eigenvalue weighted by Gasteiger charge is -2.07. The Morgan fingerprint density at radius 3 is 2.76 bits per heavy atom. The summed E-state index contributed by atoms with van der Waals surface area (Å²) >= 11 is 1.20. The van der Waals surface area contributed by atoms with E-state index in [0.717, 1.165) is 0 Å².